The SMILES string of the molecule is CCO[C@@H]1C[C@@H]([C@H](C)C[C@@H]2CC[C@@H](O)[C@H](OC)C2)OC(=O)[C@@H]2CCCCN2C(=O)C(=O)[C@]2(O)O[C@@H](CC[C@H]2C)C[C@H](OC)/C(C)=C/C=C/C=C/[C@@H](C)C[C@@H](C)C(=NOCc2cn(CCOCCOCCOCCOCCOCCOCCC(=O)CCCCCn3nc(-c4ccc5oc(N)nc5c4)c4c(N)ncnc43)nn2)[C@H](OC)[C@H](O)/C(C)=C/[C@H]1C. The molecule has 1 aromatic carbocycles. The fourth-order valence-corrected chi connectivity index (χ4v) is 16.4. The second-order valence-corrected chi connectivity index (χ2v) is 32.6. The van der Waals surface area contributed by atoms with E-state index in [4.69, 9.17) is 87.8 Å². The Balaban J connectivity index is 0.697. The van der Waals surface area contributed by atoms with Gasteiger partial charge in [0.05, 0.1) is 134 Å². The molecular formula is C88H134N12O21. The van der Waals surface area contributed by atoms with Crippen molar-refractivity contribution in [2.45, 2.75) is 245 Å². The van der Waals surface area contributed by atoms with E-state index in [1.807, 2.05) is 88.7 Å². The molecule has 7 N–H and O–H groups in total. The predicted molar refractivity (Wildman–Crippen MR) is 453 cm³/mol. The minimum absolute atomic E-state index is 0.0216. The van der Waals surface area contributed by atoms with Gasteiger partial charge in [0, 0.05) is 90.0 Å². The highest BCUT2D eigenvalue weighted by atomic mass is 16.6. The van der Waals surface area contributed by atoms with Crippen molar-refractivity contribution in [3.05, 3.63) is 84.0 Å². The third kappa shape index (κ3) is 29.1. The van der Waals surface area contributed by atoms with E-state index in [1.54, 1.807) is 38.1 Å². The number of ketones is 2. The number of Topliss-reactive ketones (excluding diaryl/α,β-unsaturated/α-hetero) is 2. The van der Waals surface area contributed by atoms with E-state index in [0.717, 1.165) is 36.8 Å². The monoisotopic (exact) mass is 1690 g/mol. The van der Waals surface area contributed by atoms with Gasteiger partial charge in [-0.15, -0.1) is 5.10 Å². The smallest absolute Gasteiger partial charge is 0.329 e. The number of esters is 1. The lowest BCUT2D eigenvalue weighted by molar-refractivity contribution is -0.265. The Hall–Kier alpha value is -7.87. The number of aromatic nitrogens is 8. The fourth-order valence-electron chi connectivity index (χ4n) is 16.4. The molecule has 3 aliphatic heterocycles. The van der Waals surface area contributed by atoms with Gasteiger partial charge in [0.15, 0.2) is 17.8 Å². The number of hydrogen-bond acceptors (Lipinski definition) is 30. The van der Waals surface area contributed by atoms with Crippen LogP contribution in [0.5, 0.6) is 0 Å². The Morgan fingerprint density at radius 2 is 1.48 bits per heavy atom. The molecule has 2 saturated heterocycles. The highest BCUT2D eigenvalue weighted by Crippen LogP contribution is 2.40. The summed E-state index contributed by atoms with van der Waals surface area (Å²) in [7, 11) is 4.73. The number of ether oxygens (including phenoxy) is 12. The van der Waals surface area contributed by atoms with Crippen LogP contribution in [-0.4, -0.2) is 264 Å². The minimum Gasteiger partial charge on any atom is -0.460 e. The number of allylic oxidation sites excluding steroid dienone is 5. The number of nitrogens with two attached hydrogens (primary N) is 2. The lowest BCUT2D eigenvalue weighted by Gasteiger charge is -2.43. The van der Waals surface area contributed by atoms with Crippen molar-refractivity contribution in [1.29, 1.82) is 0 Å². The van der Waals surface area contributed by atoms with Crippen molar-refractivity contribution in [3.63, 3.8) is 0 Å². The van der Waals surface area contributed by atoms with Crippen LogP contribution in [0, 0.1) is 35.5 Å². The number of aliphatic hydroxyl groups excluding tert-OH is 2. The van der Waals surface area contributed by atoms with Gasteiger partial charge in [-0.1, -0.05) is 87.9 Å². The summed E-state index contributed by atoms with van der Waals surface area (Å²) in [6.07, 6.45) is 18.8. The van der Waals surface area contributed by atoms with Crippen molar-refractivity contribution in [2.75, 3.05) is 125 Å². The van der Waals surface area contributed by atoms with E-state index in [2.05, 4.69) is 38.3 Å². The van der Waals surface area contributed by atoms with Crippen LogP contribution in [0.3, 0.4) is 0 Å². The molecule has 1 amide bonds. The van der Waals surface area contributed by atoms with Crippen LogP contribution in [0.4, 0.5) is 11.8 Å². The minimum atomic E-state index is -2.44. The van der Waals surface area contributed by atoms with Crippen molar-refractivity contribution in [2.24, 2.45) is 40.7 Å². The first-order chi connectivity index (χ1) is 58.4. The molecule has 2 bridgehead atoms. The van der Waals surface area contributed by atoms with Gasteiger partial charge < -0.3 is 97.8 Å². The Kier molecular flexibility index (Phi) is 40.2. The third-order valence-corrected chi connectivity index (χ3v) is 23.4. The second kappa shape index (κ2) is 50.2. The molecule has 0 unspecified atom stereocenters. The summed E-state index contributed by atoms with van der Waals surface area (Å²) in [5, 5.41) is 54.3. The first kappa shape index (κ1) is 96.9. The number of cyclic esters (lactones) is 1. The zero-order chi connectivity index (χ0) is 86.8. The van der Waals surface area contributed by atoms with Gasteiger partial charge in [-0.05, 0) is 145 Å². The Morgan fingerprint density at radius 1 is 0.760 bits per heavy atom. The molecule has 4 aromatic heterocycles. The van der Waals surface area contributed by atoms with Crippen LogP contribution in [0.15, 0.2) is 87.9 Å². The highest BCUT2D eigenvalue weighted by Gasteiger charge is 2.53. The number of aliphatic hydroxyl groups is 3. The number of fused-ring (bicyclic) bond motifs is 5. The van der Waals surface area contributed by atoms with E-state index in [9.17, 15) is 34.5 Å². The fraction of sp³-hybridized carbons (Fsp3) is 0.693. The van der Waals surface area contributed by atoms with E-state index in [1.165, 1.54) is 18.3 Å². The molecule has 0 radical (unpaired) electrons. The molecule has 33 heteroatoms. The number of carbonyl (C=O) groups excluding carboxylic acids is 4. The van der Waals surface area contributed by atoms with E-state index in [-0.39, 0.29) is 73.5 Å². The Labute approximate surface area is 711 Å². The maximum Gasteiger partial charge on any atom is 0.329 e. The number of nitrogens with zero attached hydrogens (tertiary/aromatic N) is 10. The van der Waals surface area contributed by atoms with Crippen molar-refractivity contribution >= 4 is 63.1 Å². The molecule has 672 valence electrons. The lowest BCUT2D eigenvalue weighted by atomic mass is 9.78. The number of carbonyl (C=O) groups is 4. The summed E-state index contributed by atoms with van der Waals surface area (Å²) in [4.78, 5) is 76.9. The molecule has 0 spiro atoms. The number of benzene rings is 1. The van der Waals surface area contributed by atoms with Crippen molar-refractivity contribution in [1.82, 2.24) is 44.6 Å². The van der Waals surface area contributed by atoms with Gasteiger partial charge in [-0.2, -0.15) is 10.1 Å². The first-order valence-corrected chi connectivity index (χ1v) is 43.4. The van der Waals surface area contributed by atoms with E-state index < -0.39 is 78.1 Å². The molecule has 7 heterocycles. The summed E-state index contributed by atoms with van der Waals surface area (Å²) in [6, 6.07) is 4.50. The predicted octanol–water partition coefficient (Wildman–Crippen LogP) is 10.0. The van der Waals surface area contributed by atoms with Crippen molar-refractivity contribution < 1.29 is 101 Å². The molecule has 1 saturated carbocycles. The number of methoxy groups -OCH3 is 3. The van der Waals surface area contributed by atoms with Crippen LogP contribution >= 0.6 is 0 Å². The van der Waals surface area contributed by atoms with Crippen LogP contribution < -0.4 is 11.5 Å². The summed E-state index contributed by atoms with van der Waals surface area (Å²) in [5.41, 5.74) is 17.8. The molecule has 33 nitrogen and oxygen atoms in total. The van der Waals surface area contributed by atoms with Gasteiger partial charge in [0.2, 0.25) is 5.79 Å². The molecule has 3 fully saturated rings. The standard InChI is InChI=1S/C88H134N12O21/c1-12-117-74-53-75(60(5)49-64-26-29-71(102)76(50-64)109-10)119-86(106)70-24-18-20-32-99(70)85(105)82(104)88(107)63(8)25-28-68(121-88)52-73(108-9)58(3)22-16-13-15-21-57(2)47-61(6)78(81(110-11)80(103)62(7)48-59(74)4)96-118-55-66-54-98(97-94-66)34-36-112-38-40-114-42-44-116-46-45-115-43-41-113-39-37-111-35-31-67(101)23-17-14-19-33-100-84-77(83(89)91-56-92-84)79(95-100)65-27-30-72-69(51-65)93-87(90)120-72/h13,15-16,21-22,27,30,48,51,54,56-57,59-61,63-64,68,70-71,73-76,80-81,102-103,107H,12,14,17-20,23-26,28-29,31-47,49-50,52-53,55H2,1-11H3,(H2,90,93)(H2,89,91,92)/b16-13+,21-15+,58-22+,62-48+,96-78?/t57-,59-,60-,61-,63-,64+,68+,70+,71-,73+,74-,75+,76-,80-,81+,88-/m1/s1. The number of piperidine rings is 1. The average Bonchev–Trinajstić information content (AvgIpc) is 1.74. The van der Waals surface area contributed by atoms with Gasteiger partial charge in [-0.3, -0.25) is 14.4 Å². The zero-order valence-corrected chi connectivity index (χ0v) is 72.9. The molecule has 9 rings (SSSR count). The lowest BCUT2D eigenvalue weighted by Crippen LogP contribution is -2.61. The number of rotatable bonds is 39. The summed E-state index contributed by atoms with van der Waals surface area (Å²) >= 11 is 0. The third-order valence-electron chi connectivity index (χ3n) is 23.4. The van der Waals surface area contributed by atoms with E-state index in [0.29, 0.717) is 220 Å². The van der Waals surface area contributed by atoms with Gasteiger partial charge >= 0.3 is 5.97 Å². The number of amides is 1. The normalized spacial score (nSPS) is 28.2. The quantitative estimate of drug-likeness (QED) is 0.00802. The molecular weight excluding hydrogens is 1560 g/mol. The van der Waals surface area contributed by atoms with E-state index >= 15 is 0 Å². The Bertz CT molecular complexity index is 4170. The van der Waals surface area contributed by atoms with Gasteiger partial charge in [-0.25, -0.2) is 24.1 Å². The van der Waals surface area contributed by atoms with Gasteiger partial charge in [0.25, 0.3) is 17.7 Å². The topological polar surface area (TPSA) is 417 Å². The number of unbranched alkanes of at least 4 members (excludes halogenated alkanes) is 2. The zero-order valence-electron chi connectivity index (χ0n) is 72.9. The number of anilines is 2. The first-order valence-electron chi connectivity index (χ1n) is 43.4. The molecule has 1 aliphatic carbocycles. The van der Waals surface area contributed by atoms with Crippen molar-refractivity contribution in [3.8, 4) is 11.3 Å². The van der Waals surface area contributed by atoms with Gasteiger partial charge in [0.1, 0.15) is 59.2 Å². The average molecular weight is 1700 g/mol. The summed E-state index contributed by atoms with van der Waals surface area (Å²) in [5.74, 6) is -6.13. The molecule has 16 atom stereocenters. The maximum absolute atomic E-state index is 14.9. The molecule has 121 heavy (non-hydrogen) atoms. The largest absolute Gasteiger partial charge is 0.460 e. The number of oxazole rings is 1. The highest BCUT2D eigenvalue weighted by molar-refractivity contribution is 6.39. The van der Waals surface area contributed by atoms with Crippen LogP contribution in [-0.2, 0) is 101 Å². The number of nitrogen functional groups attached to an aromatic ring is 2. The number of oxime groups is 1. The summed E-state index contributed by atoms with van der Waals surface area (Å²) < 4.78 is 80.4. The number of aryl methyl sites for hydroxylation is 1. The molecule has 5 aromatic rings. The second-order valence-electron chi connectivity index (χ2n) is 32.6. The Morgan fingerprint density at radius 3 is 2.18 bits per heavy atom. The van der Waals surface area contributed by atoms with Crippen LogP contribution in [0.25, 0.3) is 33.4 Å². The van der Waals surface area contributed by atoms with Crippen LogP contribution in [0.1, 0.15) is 170 Å². The van der Waals surface area contributed by atoms with Crippen LogP contribution in [0.2, 0.25) is 0 Å². The molecule has 4 aliphatic rings. The summed E-state index contributed by atoms with van der Waals surface area (Å²) in [6.45, 7) is 21.6. The maximum atomic E-state index is 14.9. The number of hydrogen-bond donors (Lipinski definition) is 5.